The van der Waals surface area contributed by atoms with Gasteiger partial charge in [0, 0.05) is 6.07 Å². The van der Waals surface area contributed by atoms with E-state index in [9.17, 15) is 14.4 Å². The van der Waals surface area contributed by atoms with Crippen LogP contribution >= 0.6 is 0 Å². The number of imide groups is 2. The van der Waals surface area contributed by atoms with Crippen LogP contribution in [0.1, 0.15) is 12.0 Å². The number of barbiturate groups is 1. The molecule has 2 rings (SSSR count). The number of carbonyl (C=O) groups is 3. The SMILES string of the molecule is COc1cc(CN2C(=O)CC(=O)NC2=O)cc(OC)c1. The predicted octanol–water partition coefficient (Wildman–Crippen LogP) is 0.672. The van der Waals surface area contributed by atoms with Gasteiger partial charge < -0.3 is 9.47 Å². The summed E-state index contributed by atoms with van der Waals surface area (Å²) in [6.07, 6.45) is -0.327. The molecule has 0 spiro atoms. The lowest BCUT2D eigenvalue weighted by molar-refractivity contribution is -0.136. The van der Waals surface area contributed by atoms with E-state index in [0.29, 0.717) is 17.1 Å². The number of nitrogens with one attached hydrogen (secondary N) is 1. The van der Waals surface area contributed by atoms with Crippen molar-refractivity contribution in [1.82, 2.24) is 10.2 Å². The number of hydrogen-bond acceptors (Lipinski definition) is 5. The second-order valence-corrected chi connectivity index (χ2v) is 4.23. The van der Waals surface area contributed by atoms with E-state index in [1.54, 1.807) is 18.2 Å². The van der Waals surface area contributed by atoms with Crippen LogP contribution in [0.25, 0.3) is 0 Å². The zero-order chi connectivity index (χ0) is 14.7. The van der Waals surface area contributed by atoms with Gasteiger partial charge in [-0.25, -0.2) is 4.79 Å². The zero-order valence-electron chi connectivity index (χ0n) is 11.1. The summed E-state index contributed by atoms with van der Waals surface area (Å²) in [5.74, 6) is 0.000551. The molecule has 7 nitrogen and oxygen atoms in total. The molecule has 106 valence electrons. The van der Waals surface area contributed by atoms with E-state index in [1.165, 1.54) is 14.2 Å². The van der Waals surface area contributed by atoms with Crippen molar-refractivity contribution >= 4 is 17.8 Å². The summed E-state index contributed by atoms with van der Waals surface area (Å²) in [4.78, 5) is 35.4. The Morgan fingerprint density at radius 2 is 1.70 bits per heavy atom. The van der Waals surface area contributed by atoms with E-state index in [2.05, 4.69) is 5.32 Å². The van der Waals surface area contributed by atoms with Crippen molar-refractivity contribution in [2.75, 3.05) is 14.2 Å². The lowest BCUT2D eigenvalue weighted by Crippen LogP contribution is -2.52. The lowest BCUT2D eigenvalue weighted by atomic mass is 10.1. The molecular formula is C13H14N2O5. The van der Waals surface area contributed by atoms with Crippen molar-refractivity contribution < 1.29 is 23.9 Å². The maximum atomic E-state index is 11.7. The molecule has 1 aromatic carbocycles. The smallest absolute Gasteiger partial charge is 0.331 e. The third-order valence-corrected chi connectivity index (χ3v) is 2.86. The Morgan fingerprint density at radius 1 is 1.10 bits per heavy atom. The summed E-state index contributed by atoms with van der Waals surface area (Å²) in [5.41, 5.74) is 0.666. The maximum absolute atomic E-state index is 11.7. The van der Waals surface area contributed by atoms with Gasteiger partial charge in [-0.3, -0.25) is 19.8 Å². The first-order valence-electron chi connectivity index (χ1n) is 5.89. The number of urea groups is 1. The van der Waals surface area contributed by atoms with Crippen LogP contribution in [0.5, 0.6) is 11.5 Å². The van der Waals surface area contributed by atoms with Gasteiger partial charge in [0.25, 0.3) is 0 Å². The van der Waals surface area contributed by atoms with Crippen molar-refractivity contribution in [1.29, 1.82) is 0 Å². The van der Waals surface area contributed by atoms with Gasteiger partial charge in [-0.05, 0) is 17.7 Å². The zero-order valence-corrected chi connectivity index (χ0v) is 11.1. The topological polar surface area (TPSA) is 84.9 Å². The van der Waals surface area contributed by atoms with E-state index in [0.717, 1.165) is 4.90 Å². The average Bonchev–Trinajstić information content (AvgIpc) is 2.42. The molecule has 4 amide bonds. The Bertz CT molecular complexity index is 528. The highest BCUT2D eigenvalue weighted by Gasteiger charge is 2.30. The van der Waals surface area contributed by atoms with Gasteiger partial charge in [-0.15, -0.1) is 0 Å². The Kier molecular flexibility index (Phi) is 3.88. The van der Waals surface area contributed by atoms with Crippen LogP contribution in [-0.2, 0) is 16.1 Å². The average molecular weight is 278 g/mol. The number of carbonyl (C=O) groups excluding carboxylic acids is 3. The number of nitrogens with zero attached hydrogens (tertiary/aromatic N) is 1. The second kappa shape index (κ2) is 5.60. The van der Waals surface area contributed by atoms with E-state index >= 15 is 0 Å². The molecule has 0 aliphatic carbocycles. The lowest BCUT2D eigenvalue weighted by Gasteiger charge is -2.24. The van der Waals surface area contributed by atoms with Gasteiger partial charge in [-0.2, -0.15) is 0 Å². The summed E-state index contributed by atoms with van der Waals surface area (Å²) in [6, 6.07) is 4.36. The van der Waals surface area contributed by atoms with Gasteiger partial charge in [0.15, 0.2) is 0 Å². The molecule has 1 aromatic rings. The van der Waals surface area contributed by atoms with Crippen LogP contribution in [0.2, 0.25) is 0 Å². The minimum atomic E-state index is -0.715. The highest BCUT2D eigenvalue weighted by atomic mass is 16.5. The van der Waals surface area contributed by atoms with E-state index in [1.807, 2.05) is 0 Å². The molecule has 1 fully saturated rings. The number of amides is 4. The molecule has 1 heterocycles. The molecule has 0 saturated carbocycles. The molecule has 0 radical (unpaired) electrons. The highest BCUT2D eigenvalue weighted by molar-refractivity contribution is 6.14. The molecule has 20 heavy (non-hydrogen) atoms. The summed E-state index contributed by atoms with van der Waals surface area (Å²) >= 11 is 0. The fourth-order valence-corrected chi connectivity index (χ4v) is 1.88. The van der Waals surface area contributed by atoms with Crippen LogP contribution in [0.15, 0.2) is 18.2 Å². The van der Waals surface area contributed by atoms with Crippen molar-refractivity contribution in [3.63, 3.8) is 0 Å². The Morgan fingerprint density at radius 3 is 2.20 bits per heavy atom. The van der Waals surface area contributed by atoms with Crippen LogP contribution in [0, 0.1) is 0 Å². The Balaban J connectivity index is 2.22. The summed E-state index contributed by atoms with van der Waals surface area (Å²) in [6.45, 7) is 0.0471. The first kappa shape index (κ1) is 13.9. The third-order valence-electron chi connectivity index (χ3n) is 2.86. The Hall–Kier alpha value is -2.57. The monoisotopic (exact) mass is 278 g/mol. The van der Waals surface area contributed by atoms with Gasteiger partial charge in [-0.1, -0.05) is 0 Å². The minimum Gasteiger partial charge on any atom is -0.497 e. The number of hydrogen-bond donors (Lipinski definition) is 1. The first-order valence-corrected chi connectivity index (χ1v) is 5.89. The van der Waals surface area contributed by atoms with Crippen LogP contribution < -0.4 is 14.8 Å². The third kappa shape index (κ3) is 2.87. The van der Waals surface area contributed by atoms with Gasteiger partial charge in [0.2, 0.25) is 11.8 Å². The van der Waals surface area contributed by atoms with Gasteiger partial charge >= 0.3 is 6.03 Å². The maximum Gasteiger partial charge on any atom is 0.331 e. The van der Waals surface area contributed by atoms with Crippen LogP contribution in [0.3, 0.4) is 0 Å². The van der Waals surface area contributed by atoms with Crippen molar-refractivity contribution in [2.45, 2.75) is 13.0 Å². The number of rotatable bonds is 4. The molecule has 1 aliphatic heterocycles. The molecule has 1 N–H and O–H groups in total. The van der Waals surface area contributed by atoms with E-state index < -0.39 is 17.8 Å². The summed E-state index contributed by atoms with van der Waals surface area (Å²) in [5, 5.41) is 2.10. The minimum absolute atomic E-state index is 0.0471. The summed E-state index contributed by atoms with van der Waals surface area (Å²) in [7, 11) is 3.02. The second-order valence-electron chi connectivity index (χ2n) is 4.23. The van der Waals surface area contributed by atoms with Crippen molar-refractivity contribution in [2.24, 2.45) is 0 Å². The molecule has 1 saturated heterocycles. The number of benzene rings is 1. The molecular weight excluding hydrogens is 264 g/mol. The molecule has 1 aliphatic rings. The van der Waals surface area contributed by atoms with Crippen molar-refractivity contribution in [3.8, 4) is 11.5 Å². The van der Waals surface area contributed by atoms with E-state index in [-0.39, 0.29) is 13.0 Å². The number of ether oxygens (including phenoxy) is 2. The molecule has 0 bridgehead atoms. The molecule has 0 atom stereocenters. The predicted molar refractivity (Wildman–Crippen MR) is 68.3 cm³/mol. The van der Waals surface area contributed by atoms with Crippen LogP contribution in [-0.4, -0.2) is 37.0 Å². The van der Waals surface area contributed by atoms with Crippen LogP contribution in [0.4, 0.5) is 4.79 Å². The molecule has 0 aromatic heterocycles. The Labute approximate surface area is 115 Å². The van der Waals surface area contributed by atoms with Crippen molar-refractivity contribution in [3.05, 3.63) is 23.8 Å². The first-order chi connectivity index (χ1) is 9.53. The fourth-order valence-electron chi connectivity index (χ4n) is 1.88. The molecule has 0 unspecified atom stereocenters. The quantitative estimate of drug-likeness (QED) is 0.818. The molecule has 7 heteroatoms. The fraction of sp³-hybridized carbons (Fsp3) is 0.308. The van der Waals surface area contributed by atoms with Gasteiger partial charge in [0.1, 0.15) is 17.9 Å². The highest BCUT2D eigenvalue weighted by Crippen LogP contribution is 2.24. The largest absolute Gasteiger partial charge is 0.497 e. The van der Waals surface area contributed by atoms with E-state index in [4.69, 9.17) is 9.47 Å². The standard InChI is InChI=1S/C13H14N2O5/c1-19-9-3-8(4-10(5-9)20-2)7-15-12(17)6-11(16)14-13(15)18/h3-5H,6-7H2,1-2H3,(H,14,16,18). The van der Waals surface area contributed by atoms with Gasteiger partial charge in [0.05, 0.1) is 20.8 Å². The number of methoxy groups -OCH3 is 2. The normalized spacial score (nSPS) is 15.1. The summed E-state index contributed by atoms with van der Waals surface area (Å²) < 4.78 is 10.2.